The summed E-state index contributed by atoms with van der Waals surface area (Å²) >= 11 is 0. The number of fused-ring (bicyclic) bond motifs is 2. The average molecular weight is 375 g/mol. The fourth-order valence-corrected chi connectivity index (χ4v) is 12.2. The molecule has 0 N–H and O–H groups in total. The molecule has 22 heavy (non-hydrogen) atoms. The zero-order valence-electron chi connectivity index (χ0n) is 12.6. The number of hydrogen-bond donors (Lipinski definition) is 0. The first-order chi connectivity index (χ1) is 10.9. The van der Waals surface area contributed by atoms with Crippen LogP contribution in [-0.2, 0) is 0 Å². The lowest BCUT2D eigenvalue weighted by Gasteiger charge is -2.16. The molecule has 102 valence electrons. The Hall–Kier alpha value is -0.519. The molecule has 0 bridgehead atoms. The van der Waals surface area contributed by atoms with Crippen molar-refractivity contribution in [1.82, 2.24) is 0 Å². The Bertz CT molecular complexity index is 663. The Morgan fingerprint density at radius 2 is 0.864 bits per heavy atom. The van der Waals surface area contributed by atoms with Gasteiger partial charge in [-0.15, -0.1) is 0 Å². The molecule has 0 spiro atoms. The Morgan fingerprint density at radius 3 is 1.14 bits per heavy atom. The average Bonchev–Trinajstić information content (AvgIpc) is 2.58. The zero-order chi connectivity index (χ0) is 15.4. The first-order valence-electron chi connectivity index (χ1n) is 7.15. The van der Waals surface area contributed by atoms with Crippen molar-refractivity contribution < 1.29 is 0 Å². The summed E-state index contributed by atoms with van der Waals surface area (Å²) in [5.74, 6) is 0. The van der Waals surface area contributed by atoms with Gasteiger partial charge in [0.25, 0.3) is 0 Å². The van der Waals surface area contributed by atoms with E-state index in [2.05, 4.69) is 61.6 Å². The predicted octanol–water partition coefficient (Wildman–Crippen LogP) is 1.22. The van der Waals surface area contributed by atoms with E-state index < -0.39 is 0 Å². The van der Waals surface area contributed by atoms with E-state index in [-0.39, 0.29) is 0 Å². The highest BCUT2D eigenvalue weighted by atomic mass is 29.5. The molecular formula is C16H14Si6. The Labute approximate surface area is 146 Å². The van der Waals surface area contributed by atoms with Crippen molar-refractivity contribution in [1.29, 1.82) is 0 Å². The molecule has 0 heterocycles. The lowest BCUT2D eigenvalue weighted by molar-refractivity contribution is 1.80. The molecular weight excluding hydrogens is 361 g/mol. The second-order valence-electron chi connectivity index (χ2n) is 4.84. The smallest absolute Gasteiger partial charge is 0.0624 e. The normalized spacial score (nSPS) is 11.4. The Balaban J connectivity index is 2.32. The fraction of sp³-hybridized carbons (Fsp3) is 0.125. The highest BCUT2D eigenvalue weighted by Crippen LogP contribution is 2.18. The Kier molecular flexibility index (Phi) is 5.83. The third kappa shape index (κ3) is 3.22. The standard InChI is InChI=1S/C16H14Si6/c1-17-21-19-15-11-7-3-5-9-13(11)16(20-22-18-2)14-10-6-4-8-12(14)15/h3-10H,1-2H3. The van der Waals surface area contributed by atoms with E-state index in [1.807, 2.05) is 0 Å². The molecule has 12 radical (unpaired) electrons. The SMILES string of the molecule is C[Si][Si][Si]c1c2ccccc2c([Si][Si][Si]C)c2ccccc12. The summed E-state index contributed by atoms with van der Waals surface area (Å²) in [7, 11) is 6.21. The van der Waals surface area contributed by atoms with Gasteiger partial charge in [0.2, 0.25) is 0 Å². The maximum atomic E-state index is 2.35. The van der Waals surface area contributed by atoms with E-state index in [1.165, 1.54) is 21.5 Å². The monoisotopic (exact) mass is 374 g/mol. The number of benzene rings is 3. The molecule has 0 nitrogen and oxygen atoms in total. The van der Waals surface area contributed by atoms with Gasteiger partial charge in [0.1, 0.15) is 0 Å². The summed E-state index contributed by atoms with van der Waals surface area (Å²) in [4.78, 5) is 0. The molecule has 0 saturated heterocycles. The molecule has 3 rings (SSSR count). The summed E-state index contributed by atoms with van der Waals surface area (Å²) in [5, 5.41) is 9.26. The minimum Gasteiger partial charge on any atom is -0.0761 e. The third-order valence-electron chi connectivity index (χ3n) is 3.56. The van der Waals surface area contributed by atoms with Crippen molar-refractivity contribution in [3.05, 3.63) is 48.5 Å². The zero-order valence-corrected chi connectivity index (χ0v) is 18.6. The molecule has 0 amide bonds. The molecule has 3 aromatic carbocycles. The quantitative estimate of drug-likeness (QED) is 0.450. The van der Waals surface area contributed by atoms with Crippen molar-refractivity contribution in [2.24, 2.45) is 0 Å². The van der Waals surface area contributed by atoms with Crippen LogP contribution in [0.3, 0.4) is 0 Å². The first kappa shape index (κ1) is 16.3. The summed E-state index contributed by atoms with van der Waals surface area (Å²) in [6.07, 6.45) is 0. The topological polar surface area (TPSA) is 0 Å². The first-order valence-corrected chi connectivity index (χ1v) is 18.2. The largest absolute Gasteiger partial charge is 0.0761 e. The second-order valence-corrected chi connectivity index (χ2v) is 18.3. The van der Waals surface area contributed by atoms with Gasteiger partial charge in [0.15, 0.2) is 0 Å². The lowest BCUT2D eigenvalue weighted by atomic mass is 10.0. The van der Waals surface area contributed by atoms with E-state index in [0.717, 1.165) is 53.3 Å². The van der Waals surface area contributed by atoms with Gasteiger partial charge in [0, 0.05) is 35.2 Å². The van der Waals surface area contributed by atoms with Crippen molar-refractivity contribution >= 4 is 85.2 Å². The molecule has 0 atom stereocenters. The van der Waals surface area contributed by atoms with Crippen LogP contribution in [0.15, 0.2) is 48.5 Å². The molecule has 6 heteroatoms. The van der Waals surface area contributed by atoms with Gasteiger partial charge < -0.3 is 0 Å². The van der Waals surface area contributed by atoms with E-state index in [4.69, 9.17) is 0 Å². The highest BCUT2D eigenvalue weighted by molar-refractivity contribution is 7.34. The number of rotatable bonds is 6. The van der Waals surface area contributed by atoms with Gasteiger partial charge >= 0.3 is 0 Å². The predicted molar refractivity (Wildman–Crippen MR) is 107 cm³/mol. The van der Waals surface area contributed by atoms with Crippen molar-refractivity contribution in [2.45, 2.75) is 13.1 Å². The molecule has 0 aromatic heterocycles. The molecule has 0 saturated carbocycles. The maximum absolute atomic E-state index is 2.35. The molecule has 0 fully saturated rings. The molecule has 0 aliphatic heterocycles. The summed E-state index contributed by atoms with van der Waals surface area (Å²) in [6, 6.07) is 18.2. The van der Waals surface area contributed by atoms with Gasteiger partial charge in [-0.3, -0.25) is 0 Å². The van der Waals surface area contributed by atoms with Crippen LogP contribution in [0.25, 0.3) is 21.5 Å². The van der Waals surface area contributed by atoms with Crippen molar-refractivity contribution in [3.63, 3.8) is 0 Å². The molecule has 0 aliphatic rings. The molecule has 3 aromatic rings. The van der Waals surface area contributed by atoms with Crippen molar-refractivity contribution in [2.75, 3.05) is 0 Å². The van der Waals surface area contributed by atoms with Gasteiger partial charge in [-0.25, -0.2) is 0 Å². The van der Waals surface area contributed by atoms with Crippen LogP contribution in [0.1, 0.15) is 0 Å². The second kappa shape index (κ2) is 7.84. The summed E-state index contributed by atoms with van der Waals surface area (Å²) in [5.41, 5.74) is 0. The van der Waals surface area contributed by atoms with Gasteiger partial charge in [-0.05, 0) is 21.5 Å². The van der Waals surface area contributed by atoms with Crippen LogP contribution >= 0.6 is 0 Å². The molecule has 0 aliphatic carbocycles. The van der Waals surface area contributed by atoms with E-state index >= 15 is 0 Å². The molecule has 0 unspecified atom stereocenters. The fourth-order valence-electron chi connectivity index (χ4n) is 2.65. The number of hydrogen-bond acceptors (Lipinski definition) is 0. The van der Waals surface area contributed by atoms with Gasteiger partial charge in [0.05, 0.1) is 18.1 Å². The third-order valence-corrected chi connectivity index (χ3v) is 16.4. The lowest BCUT2D eigenvalue weighted by Crippen LogP contribution is -2.31. The highest BCUT2D eigenvalue weighted by Gasteiger charge is 2.13. The maximum Gasteiger partial charge on any atom is 0.0624 e. The van der Waals surface area contributed by atoms with Crippen LogP contribution in [0.4, 0.5) is 0 Å². The van der Waals surface area contributed by atoms with Crippen LogP contribution in [0, 0.1) is 0 Å². The van der Waals surface area contributed by atoms with Crippen LogP contribution < -0.4 is 10.4 Å². The van der Waals surface area contributed by atoms with Crippen LogP contribution in [0.5, 0.6) is 0 Å². The minimum absolute atomic E-state index is 0.958. The van der Waals surface area contributed by atoms with E-state index in [0.29, 0.717) is 0 Å². The summed E-state index contributed by atoms with van der Waals surface area (Å²) in [6.45, 7) is 4.66. The van der Waals surface area contributed by atoms with E-state index in [1.54, 1.807) is 10.4 Å². The van der Waals surface area contributed by atoms with Crippen LogP contribution in [0.2, 0.25) is 13.1 Å². The van der Waals surface area contributed by atoms with Crippen LogP contribution in [-0.4, -0.2) is 53.3 Å². The van der Waals surface area contributed by atoms with Gasteiger partial charge in [-0.2, -0.15) is 0 Å². The van der Waals surface area contributed by atoms with E-state index in [9.17, 15) is 0 Å². The van der Waals surface area contributed by atoms with Crippen molar-refractivity contribution in [3.8, 4) is 0 Å². The Morgan fingerprint density at radius 1 is 0.545 bits per heavy atom. The van der Waals surface area contributed by atoms with Gasteiger partial charge in [-0.1, -0.05) is 72.0 Å². The summed E-state index contributed by atoms with van der Waals surface area (Å²) < 4.78 is 0. The minimum atomic E-state index is 0.958.